The van der Waals surface area contributed by atoms with E-state index in [4.69, 9.17) is 10.4 Å². The molecule has 8 heteroatoms. The fourth-order valence-electron chi connectivity index (χ4n) is 2.38. The molecule has 0 aliphatic carbocycles. The summed E-state index contributed by atoms with van der Waals surface area (Å²) in [5.41, 5.74) is 1.41. The number of carboxylic acids is 1. The average Bonchev–Trinajstić information content (AvgIpc) is 2.56. The van der Waals surface area contributed by atoms with Crippen molar-refractivity contribution in [2.24, 2.45) is 0 Å². The van der Waals surface area contributed by atoms with E-state index in [1.807, 2.05) is 11.0 Å². The molecule has 2 amide bonds. The number of nitrogens with one attached hydrogen (secondary N) is 1. The van der Waals surface area contributed by atoms with Crippen molar-refractivity contribution in [2.45, 2.75) is 6.42 Å². The number of anilines is 1. The molecule has 2 rings (SSSR count). The van der Waals surface area contributed by atoms with E-state index in [-0.39, 0.29) is 37.9 Å². The molecule has 1 aromatic rings. The molecule has 1 aliphatic rings. The maximum absolute atomic E-state index is 12.2. The highest BCUT2D eigenvalue weighted by molar-refractivity contribution is 5.88. The van der Waals surface area contributed by atoms with E-state index in [0.29, 0.717) is 18.7 Å². The van der Waals surface area contributed by atoms with Crippen LogP contribution in [0.3, 0.4) is 0 Å². The highest BCUT2D eigenvalue weighted by Crippen LogP contribution is 2.17. The number of hydrogen-bond donors (Lipinski definition) is 2. The van der Waals surface area contributed by atoms with E-state index in [2.05, 4.69) is 5.32 Å². The highest BCUT2D eigenvalue weighted by Gasteiger charge is 2.25. The average molecular weight is 330 g/mol. The predicted molar refractivity (Wildman–Crippen MR) is 85.2 cm³/mol. The molecule has 1 saturated heterocycles. The smallest absolute Gasteiger partial charge is 0.305 e. The second-order valence-electron chi connectivity index (χ2n) is 5.39. The zero-order chi connectivity index (χ0) is 17.5. The van der Waals surface area contributed by atoms with Crippen LogP contribution >= 0.6 is 0 Å². The molecule has 0 spiro atoms. The standard InChI is InChI=1S/C16H18N4O4/c17-9-12-1-3-13(4-2-12)19-7-8-20(15(22)11-19)10-14(21)18-6-5-16(23)24/h1-4H,5-8,10-11H2,(H,18,21)(H,23,24). The van der Waals surface area contributed by atoms with Crippen LogP contribution in [-0.2, 0) is 14.4 Å². The van der Waals surface area contributed by atoms with Gasteiger partial charge < -0.3 is 20.2 Å². The van der Waals surface area contributed by atoms with Crippen LogP contribution in [0.15, 0.2) is 24.3 Å². The van der Waals surface area contributed by atoms with Crippen molar-refractivity contribution in [3.05, 3.63) is 29.8 Å². The fraction of sp³-hybridized carbons (Fsp3) is 0.375. The minimum Gasteiger partial charge on any atom is -0.481 e. The topological polar surface area (TPSA) is 114 Å². The Morgan fingerprint density at radius 1 is 1.25 bits per heavy atom. The van der Waals surface area contributed by atoms with E-state index in [1.54, 1.807) is 24.3 Å². The van der Waals surface area contributed by atoms with Gasteiger partial charge in [0.15, 0.2) is 0 Å². The van der Waals surface area contributed by atoms with Crippen LogP contribution in [0, 0.1) is 11.3 Å². The first-order valence-electron chi connectivity index (χ1n) is 7.51. The second-order valence-corrected chi connectivity index (χ2v) is 5.39. The molecule has 1 aromatic carbocycles. The molecule has 0 aromatic heterocycles. The van der Waals surface area contributed by atoms with Crippen molar-refractivity contribution in [3.63, 3.8) is 0 Å². The van der Waals surface area contributed by atoms with Gasteiger partial charge in [0.2, 0.25) is 11.8 Å². The SMILES string of the molecule is N#Cc1ccc(N2CCN(CC(=O)NCCC(=O)O)C(=O)C2)cc1. The summed E-state index contributed by atoms with van der Waals surface area (Å²) in [4.78, 5) is 37.6. The molecule has 0 atom stereocenters. The molecule has 126 valence electrons. The Hall–Kier alpha value is -3.08. The summed E-state index contributed by atoms with van der Waals surface area (Å²) in [6.45, 7) is 1.13. The number of rotatable bonds is 6. The van der Waals surface area contributed by atoms with Crippen LogP contribution in [0.2, 0.25) is 0 Å². The molecule has 8 nitrogen and oxygen atoms in total. The molecule has 2 N–H and O–H groups in total. The van der Waals surface area contributed by atoms with E-state index in [1.165, 1.54) is 4.90 Å². The van der Waals surface area contributed by atoms with E-state index >= 15 is 0 Å². The maximum atomic E-state index is 12.2. The van der Waals surface area contributed by atoms with Gasteiger partial charge in [-0.05, 0) is 24.3 Å². The summed E-state index contributed by atoms with van der Waals surface area (Å²) in [6.07, 6.45) is -0.147. The summed E-state index contributed by atoms with van der Waals surface area (Å²) in [5, 5.41) is 19.8. The third-order valence-corrected chi connectivity index (χ3v) is 3.68. The van der Waals surface area contributed by atoms with Gasteiger partial charge in [-0.25, -0.2) is 0 Å². The number of benzene rings is 1. The number of aliphatic carboxylic acids is 1. The molecule has 24 heavy (non-hydrogen) atoms. The minimum atomic E-state index is -0.984. The summed E-state index contributed by atoms with van der Waals surface area (Å²) >= 11 is 0. The Morgan fingerprint density at radius 3 is 2.54 bits per heavy atom. The van der Waals surface area contributed by atoms with Crippen molar-refractivity contribution < 1.29 is 19.5 Å². The summed E-state index contributed by atoms with van der Waals surface area (Å²) in [6, 6.07) is 9.02. The minimum absolute atomic E-state index is 0.0492. The predicted octanol–water partition coefficient (Wildman–Crippen LogP) is -0.202. The van der Waals surface area contributed by atoms with Gasteiger partial charge in [-0.1, -0.05) is 0 Å². The van der Waals surface area contributed by atoms with E-state index < -0.39 is 5.97 Å². The van der Waals surface area contributed by atoms with Crippen molar-refractivity contribution >= 4 is 23.5 Å². The lowest BCUT2D eigenvalue weighted by Crippen LogP contribution is -2.53. The summed E-state index contributed by atoms with van der Waals surface area (Å²) in [7, 11) is 0. The number of carbonyl (C=O) groups is 3. The number of amides is 2. The Labute approximate surface area is 139 Å². The van der Waals surface area contributed by atoms with Crippen molar-refractivity contribution in [3.8, 4) is 6.07 Å². The Balaban J connectivity index is 1.84. The Morgan fingerprint density at radius 2 is 1.96 bits per heavy atom. The van der Waals surface area contributed by atoms with Crippen LogP contribution in [0.5, 0.6) is 0 Å². The quantitative estimate of drug-likeness (QED) is 0.746. The van der Waals surface area contributed by atoms with Crippen LogP contribution < -0.4 is 10.2 Å². The van der Waals surface area contributed by atoms with Gasteiger partial charge in [-0.2, -0.15) is 5.26 Å². The lowest BCUT2D eigenvalue weighted by atomic mass is 10.2. The molecular formula is C16H18N4O4. The number of piperazine rings is 1. The molecule has 1 heterocycles. The second kappa shape index (κ2) is 7.97. The Bertz CT molecular complexity index is 666. The zero-order valence-corrected chi connectivity index (χ0v) is 13.1. The van der Waals surface area contributed by atoms with E-state index in [9.17, 15) is 14.4 Å². The number of nitriles is 1. The first kappa shape index (κ1) is 17.3. The number of carboxylic acid groups (broad SMARTS) is 1. The third kappa shape index (κ3) is 4.71. The van der Waals surface area contributed by atoms with Crippen molar-refractivity contribution in [1.29, 1.82) is 5.26 Å². The van der Waals surface area contributed by atoms with Gasteiger partial charge in [0, 0.05) is 25.3 Å². The van der Waals surface area contributed by atoms with E-state index in [0.717, 1.165) is 5.69 Å². The zero-order valence-electron chi connectivity index (χ0n) is 13.1. The van der Waals surface area contributed by atoms with Gasteiger partial charge in [-0.15, -0.1) is 0 Å². The first-order valence-corrected chi connectivity index (χ1v) is 7.51. The van der Waals surface area contributed by atoms with Crippen LogP contribution in [0.25, 0.3) is 0 Å². The highest BCUT2D eigenvalue weighted by atomic mass is 16.4. The largest absolute Gasteiger partial charge is 0.481 e. The molecule has 0 unspecified atom stereocenters. The number of hydrogen-bond acceptors (Lipinski definition) is 5. The molecule has 0 bridgehead atoms. The van der Waals surface area contributed by atoms with Gasteiger partial charge in [0.1, 0.15) is 0 Å². The van der Waals surface area contributed by atoms with Gasteiger partial charge >= 0.3 is 5.97 Å². The molecule has 1 fully saturated rings. The Kier molecular flexibility index (Phi) is 5.73. The molecule has 0 radical (unpaired) electrons. The normalized spacial score (nSPS) is 14.2. The number of nitrogens with zero attached hydrogens (tertiary/aromatic N) is 3. The maximum Gasteiger partial charge on any atom is 0.305 e. The summed E-state index contributed by atoms with van der Waals surface area (Å²) < 4.78 is 0. The van der Waals surface area contributed by atoms with Gasteiger partial charge in [0.25, 0.3) is 0 Å². The van der Waals surface area contributed by atoms with Crippen molar-refractivity contribution in [1.82, 2.24) is 10.2 Å². The van der Waals surface area contributed by atoms with Gasteiger partial charge in [-0.3, -0.25) is 14.4 Å². The molecule has 0 saturated carbocycles. The van der Waals surface area contributed by atoms with Crippen LogP contribution in [0.1, 0.15) is 12.0 Å². The lowest BCUT2D eigenvalue weighted by Gasteiger charge is -2.35. The summed E-state index contributed by atoms with van der Waals surface area (Å²) in [5.74, 6) is -1.52. The number of carbonyl (C=O) groups excluding carboxylic acids is 2. The van der Waals surface area contributed by atoms with Crippen LogP contribution in [0.4, 0.5) is 5.69 Å². The molecule has 1 aliphatic heterocycles. The van der Waals surface area contributed by atoms with Crippen LogP contribution in [-0.4, -0.2) is 60.5 Å². The monoisotopic (exact) mass is 330 g/mol. The third-order valence-electron chi connectivity index (χ3n) is 3.68. The van der Waals surface area contributed by atoms with Crippen molar-refractivity contribution in [2.75, 3.05) is 37.6 Å². The first-order chi connectivity index (χ1) is 11.5. The van der Waals surface area contributed by atoms with Gasteiger partial charge in [0.05, 0.1) is 31.1 Å². The molecular weight excluding hydrogens is 312 g/mol. The lowest BCUT2D eigenvalue weighted by molar-refractivity contribution is -0.138. The fourth-order valence-corrected chi connectivity index (χ4v) is 2.38.